The van der Waals surface area contributed by atoms with E-state index in [4.69, 9.17) is 0 Å². The van der Waals surface area contributed by atoms with Crippen molar-refractivity contribution in [2.45, 2.75) is 46.3 Å². The first-order valence-corrected chi connectivity index (χ1v) is 11.9. The average molecular weight is 441 g/mol. The first-order chi connectivity index (χ1) is 14.5. The van der Waals surface area contributed by atoms with Crippen LogP contribution in [0.5, 0.6) is 0 Å². The molecular weight excluding hydrogens is 412 g/mol. The van der Waals surface area contributed by atoms with Crippen molar-refractivity contribution in [3.63, 3.8) is 0 Å². The van der Waals surface area contributed by atoms with E-state index in [1.807, 2.05) is 66.6 Å². The molecular formula is C24H28N2O2S2. The molecule has 0 saturated heterocycles. The fourth-order valence-corrected chi connectivity index (χ4v) is 4.82. The number of rotatable bonds is 9. The third-order valence-electron chi connectivity index (χ3n) is 5.13. The van der Waals surface area contributed by atoms with E-state index in [0.717, 1.165) is 16.9 Å². The molecule has 6 heteroatoms. The Morgan fingerprint density at radius 1 is 1.00 bits per heavy atom. The number of hydrogen-bond acceptors (Lipinski definition) is 4. The monoisotopic (exact) mass is 440 g/mol. The molecule has 0 bridgehead atoms. The molecule has 0 saturated carbocycles. The molecule has 2 heterocycles. The van der Waals surface area contributed by atoms with Gasteiger partial charge in [0.1, 0.15) is 6.54 Å². The molecule has 158 valence electrons. The summed E-state index contributed by atoms with van der Waals surface area (Å²) in [5.74, 6) is -0.102. The van der Waals surface area contributed by atoms with Gasteiger partial charge in [0.15, 0.2) is 0 Å². The highest BCUT2D eigenvalue weighted by molar-refractivity contribution is 7.12. The molecule has 2 amide bonds. The minimum Gasteiger partial charge on any atom is -0.332 e. The van der Waals surface area contributed by atoms with E-state index in [-0.39, 0.29) is 24.4 Å². The van der Waals surface area contributed by atoms with Gasteiger partial charge in [0.25, 0.3) is 5.91 Å². The molecule has 2 aromatic heterocycles. The maximum Gasteiger partial charge on any atom is 0.264 e. The number of aryl methyl sites for hydroxylation is 1. The Bertz CT molecular complexity index is 951. The molecule has 1 unspecified atom stereocenters. The number of carbonyl (C=O) groups is 2. The highest BCUT2D eigenvalue weighted by Crippen LogP contribution is 2.20. The van der Waals surface area contributed by atoms with Crippen molar-refractivity contribution in [2.24, 2.45) is 0 Å². The second-order valence-electron chi connectivity index (χ2n) is 7.42. The summed E-state index contributed by atoms with van der Waals surface area (Å²) < 4.78 is 0. The predicted molar refractivity (Wildman–Crippen MR) is 125 cm³/mol. The molecule has 3 rings (SSSR count). The number of hydrogen-bond donors (Lipinski definition) is 0. The van der Waals surface area contributed by atoms with Gasteiger partial charge in [0.05, 0.1) is 11.4 Å². The van der Waals surface area contributed by atoms with Crippen LogP contribution in [0, 0.1) is 6.92 Å². The van der Waals surface area contributed by atoms with Gasteiger partial charge in [-0.1, -0.05) is 43.3 Å². The Labute approximate surface area is 186 Å². The highest BCUT2D eigenvalue weighted by atomic mass is 32.1. The Balaban J connectivity index is 1.81. The van der Waals surface area contributed by atoms with Crippen LogP contribution in [0.3, 0.4) is 0 Å². The Kier molecular flexibility index (Phi) is 7.82. The van der Waals surface area contributed by atoms with Crippen molar-refractivity contribution in [3.8, 4) is 0 Å². The minimum absolute atomic E-state index is 0.00823. The first-order valence-electron chi connectivity index (χ1n) is 10.2. The van der Waals surface area contributed by atoms with Crippen LogP contribution >= 0.6 is 22.7 Å². The van der Waals surface area contributed by atoms with Crippen molar-refractivity contribution < 1.29 is 9.59 Å². The van der Waals surface area contributed by atoms with E-state index in [9.17, 15) is 9.59 Å². The van der Waals surface area contributed by atoms with E-state index in [1.54, 1.807) is 16.2 Å². The fourth-order valence-electron chi connectivity index (χ4n) is 3.23. The molecule has 0 spiro atoms. The van der Waals surface area contributed by atoms with Crippen LogP contribution in [-0.4, -0.2) is 34.2 Å². The minimum atomic E-state index is -0.0701. The van der Waals surface area contributed by atoms with Crippen LogP contribution in [0.4, 0.5) is 0 Å². The van der Waals surface area contributed by atoms with Crippen LogP contribution < -0.4 is 0 Å². The van der Waals surface area contributed by atoms with E-state index < -0.39 is 0 Å². The average Bonchev–Trinajstić information content (AvgIpc) is 3.43. The lowest BCUT2D eigenvalue weighted by atomic mass is 10.2. The van der Waals surface area contributed by atoms with Gasteiger partial charge in [0, 0.05) is 22.3 Å². The zero-order valence-corrected chi connectivity index (χ0v) is 19.3. The van der Waals surface area contributed by atoms with Crippen molar-refractivity contribution in [2.75, 3.05) is 6.54 Å². The largest absolute Gasteiger partial charge is 0.332 e. The number of carbonyl (C=O) groups excluding carboxylic acids is 2. The summed E-state index contributed by atoms with van der Waals surface area (Å²) in [6, 6.07) is 17.8. The second-order valence-corrected chi connectivity index (χ2v) is 9.74. The van der Waals surface area contributed by atoms with Crippen LogP contribution in [-0.2, 0) is 17.9 Å². The zero-order chi connectivity index (χ0) is 21.5. The maximum atomic E-state index is 13.4. The topological polar surface area (TPSA) is 40.6 Å². The van der Waals surface area contributed by atoms with Crippen molar-refractivity contribution in [3.05, 3.63) is 80.2 Å². The predicted octanol–water partition coefficient (Wildman–Crippen LogP) is 5.59. The quantitative estimate of drug-likeness (QED) is 0.435. The number of thiophene rings is 2. The van der Waals surface area contributed by atoms with Crippen molar-refractivity contribution >= 4 is 34.5 Å². The third kappa shape index (κ3) is 5.80. The molecule has 1 atom stereocenters. The molecule has 30 heavy (non-hydrogen) atoms. The molecule has 0 aliphatic carbocycles. The van der Waals surface area contributed by atoms with Gasteiger partial charge >= 0.3 is 0 Å². The van der Waals surface area contributed by atoms with Gasteiger partial charge < -0.3 is 9.80 Å². The molecule has 0 aliphatic heterocycles. The van der Waals surface area contributed by atoms with Crippen LogP contribution in [0.25, 0.3) is 0 Å². The standard InChI is InChI=1S/C24H28N2O2S2/c1-4-18(2)26(24(28)22-11-8-14-29-22)17-23(27)25(15-20-9-6-5-7-10-20)16-21-13-12-19(3)30-21/h5-14,18H,4,15-17H2,1-3H3. The smallest absolute Gasteiger partial charge is 0.264 e. The summed E-state index contributed by atoms with van der Waals surface area (Å²) in [6.45, 7) is 7.28. The normalized spacial score (nSPS) is 11.8. The summed E-state index contributed by atoms with van der Waals surface area (Å²) in [7, 11) is 0. The Hall–Kier alpha value is -2.44. The van der Waals surface area contributed by atoms with E-state index in [1.165, 1.54) is 16.2 Å². The van der Waals surface area contributed by atoms with Gasteiger partial charge in [-0.15, -0.1) is 22.7 Å². The SMILES string of the molecule is CCC(C)N(CC(=O)N(Cc1ccccc1)Cc1ccc(C)s1)C(=O)c1cccs1. The van der Waals surface area contributed by atoms with Crippen LogP contribution in [0.1, 0.15) is 45.3 Å². The first kappa shape index (κ1) is 22.2. The zero-order valence-electron chi connectivity index (χ0n) is 17.7. The molecule has 0 aliphatic rings. The van der Waals surface area contributed by atoms with Crippen LogP contribution in [0.15, 0.2) is 60.0 Å². The number of amides is 2. The lowest BCUT2D eigenvalue weighted by molar-refractivity contribution is -0.133. The number of nitrogens with zero attached hydrogens (tertiary/aromatic N) is 2. The summed E-state index contributed by atoms with van der Waals surface area (Å²) in [5.41, 5.74) is 1.08. The van der Waals surface area contributed by atoms with E-state index in [0.29, 0.717) is 18.0 Å². The Morgan fingerprint density at radius 2 is 1.77 bits per heavy atom. The second kappa shape index (κ2) is 10.5. The summed E-state index contributed by atoms with van der Waals surface area (Å²) >= 11 is 3.12. The van der Waals surface area contributed by atoms with Crippen molar-refractivity contribution in [1.82, 2.24) is 9.80 Å². The number of benzene rings is 1. The molecule has 0 fully saturated rings. The van der Waals surface area contributed by atoms with Gasteiger partial charge in [-0.25, -0.2) is 0 Å². The Morgan fingerprint density at radius 3 is 2.37 bits per heavy atom. The summed E-state index contributed by atoms with van der Waals surface area (Å²) in [5, 5.41) is 1.89. The fraction of sp³-hybridized carbons (Fsp3) is 0.333. The van der Waals surface area contributed by atoms with Crippen molar-refractivity contribution in [1.29, 1.82) is 0 Å². The molecule has 4 nitrogen and oxygen atoms in total. The van der Waals surface area contributed by atoms with E-state index >= 15 is 0 Å². The summed E-state index contributed by atoms with van der Waals surface area (Å²) in [6.07, 6.45) is 0.799. The highest BCUT2D eigenvalue weighted by Gasteiger charge is 2.26. The van der Waals surface area contributed by atoms with Crippen LogP contribution in [0.2, 0.25) is 0 Å². The van der Waals surface area contributed by atoms with E-state index in [2.05, 4.69) is 19.1 Å². The van der Waals surface area contributed by atoms with Gasteiger partial charge in [-0.2, -0.15) is 0 Å². The molecule has 3 aromatic rings. The lowest BCUT2D eigenvalue weighted by Gasteiger charge is -2.31. The van der Waals surface area contributed by atoms with Gasteiger partial charge in [0.2, 0.25) is 5.91 Å². The molecule has 0 N–H and O–H groups in total. The third-order valence-corrected chi connectivity index (χ3v) is 6.98. The molecule has 0 radical (unpaired) electrons. The van der Waals surface area contributed by atoms with Gasteiger partial charge in [-0.3, -0.25) is 9.59 Å². The maximum absolute atomic E-state index is 13.4. The molecule has 1 aromatic carbocycles. The summed E-state index contributed by atoms with van der Waals surface area (Å²) in [4.78, 5) is 33.1. The lowest BCUT2D eigenvalue weighted by Crippen LogP contribution is -2.46. The van der Waals surface area contributed by atoms with Gasteiger partial charge in [-0.05, 0) is 49.4 Å².